The molecular weight excluding hydrogens is 478 g/mol. The second kappa shape index (κ2) is 9.65. The molecule has 7 heteroatoms. The molecule has 2 N–H and O–H groups in total. The van der Waals surface area contributed by atoms with Crippen LogP contribution in [-0.4, -0.2) is 65.8 Å². The van der Waals surface area contributed by atoms with Crippen LogP contribution in [0.15, 0.2) is 27.6 Å². The first kappa shape index (κ1) is 26.4. The van der Waals surface area contributed by atoms with Crippen LogP contribution in [0.4, 0.5) is 4.79 Å². The molecule has 5 aliphatic rings. The molecule has 38 heavy (non-hydrogen) atoms. The molecule has 4 aliphatic carbocycles. The molecule has 2 amide bonds. The smallest absolute Gasteiger partial charge is 0.335 e. The summed E-state index contributed by atoms with van der Waals surface area (Å²) in [7, 11) is 2.03. The van der Waals surface area contributed by atoms with Crippen LogP contribution >= 0.6 is 0 Å². The van der Waals surface area contributed by atoms with Crippen molar-refractivity contribution in [2.75, 3.05) is 33.2 Å². The fourth-order valence-electron chi connectivity index (χ4n) is 10.1. The lowest BCUT2D eigenvalue weighted by Gasteiger charge is -2.64. The Morgan fingerprint density at radius 2 is 1.89 bits per heavy atom. The third-order valence-corrected chi connectivity index (χ3v) is 12.4. The van der Waals surface area contributed by atoms with Gasteiger partial charge in [-0.25, -0.2) is 9.59 Å². The lowest BCUT2D eigenvalue weighted by atomic mass is 9.43. The molecule has 7 nitrogen and oxygen atoms in total. The van der Waals surface area contributed by atoms with Gasteiger partial charge in [0, 0.05) is 44.2 Å². The van der Waals surface area contributed by atoms with E-state index >= 15 is 0 Å². The maximum Gasteiger partial charge on any atom is 0.335 e. The van der Waals surface area contributed by atoms with E-state index in [0.29, 0.717) is 23.8 Å². The maximum absolute atomic E-state index is 13.4. The van der Waals surface area contributed by atoms with Gasteiger partial charge in [0.15, 0.2) is 0 Å². The van der Waals surface area contributed by atoms with Crippen molar-refractivity contribution >= 4 is 6.03 Å². The Kier molecular flexibility index (Phi) is 6.70. The van der Waals surface area contributed by atoms with Gasteiger partial charge in [0.2, 0.25) is 0 Å². The van der Waals surface area contributed by atoms with Crippen molar-refractivity contribution in [1.29, 1.82) is 0 Å². The number of hydrogen-bond donors (Lipinski definition) is 2. The van der Waals surface area contributed by atoms with Gasteiger partial charge in [-0.15, -0.1) is 0 Å². The van der Waals surface area contributed by atoms with Crippen molar-refractivity contribution in [2.24, 2.45) is 28.6 Å². The minimum Gasteiger partial charge on any atom is -0.431 e. The van der Waals surface area contributed by atoms with Crippen LogP contribution in [0, 0.1) is 28.6 Å². The monoisotopic (exact) mass is 525 g/mol. The summed E-state index contributed by atoms with van der Waals surface area (Å²) in [5.41, 5.74) is 0.117. The molecule has 1 aromatic rings. The molecule has 6 rings (SSSR count). The summed E-state index contributed by atoms with van der Waals surface area (Å²) in [5, 5.41) is 15.9. The molecule has 0 spiro atoms. The molecule has 0 aromatic carbocycles. The molecular formula is C31H47N3O4. The van der Waals surface area contributed by atoms with Gasteiger partial charge in [-0.05, 0) is 111 Å². The number of carbonyl (C=O) groups is 1. The first-order chi connectivity index (χ1) is 18.2. The number of hydrogen-bond acceptors (Lipinski definition) is 5. The van der Waals surface area contributed by atoms with E-state index in [9.17, 15) is 14.7 Å². The normalized spacial score (nSPS) is 42.9. The zero-order valence-corrected chi connectivity index (χ0v) is 23.6. The van der Waals surface area contributed by atoms with Crippen LogP contribution in [0.25, 0.3) is 0 Å². The third kappa shape index (κ3) is 3.97. The molecule has 1 saturated heterocycles. The minimum absolute atomic E-state index is 0.191. The van der Waals surface area contributed by atoms with Gasteiger partial charge >= 0.3 is 11.7 Å². The summed E-state index contributed by atoms with van der Waals surface area (Å²) in [6.07, 6.45) is 12.1. The van der Waals surface area contributed by atoms with Gasteiger partial charge in [0.25, 0.3) is 0 Å². The molecule has 210 valence electrons. The molecule has 0 radical (unpaired) electrons. The highest BCUT2D eigenvalue weighted by molar-refractivity contribution is 5.74. The van der Waals surface area contributed by atoms with Crippen molar-refractivity contribution in [3.63, 3.8) is 0 Å². The highest BCUT2D eigenvalue weighted by atomic mass is 16.4. The van der Waals surface area contributed by atoms with E-state index in [-0.39, 0.29) is 28.4 Å². The van der Waals surface area contributed by atoms with Gasteiger partial charge in [0.1, 0.15) is 0 Å². The van der Waals surface area contributed by atoms with Crippen LogP contribution < -0.4 is 10.9 Å². The predicted octanol–water partition coefficient (Wildman–Crippen LogP) is 4.60. The van der Waals surface area contributed by atoms with Crippen LogP contribution in [0.3, 0.4) is 0 Å². The van der Waals surface area contributed by atoms with Crippen LogP contribution in [-0.2, 0) is 0 Å². The standard InChI is InChI=1S/C31H47N3O4/c1-29-12-9-23(33(3)28(36)34-17-4-15-32-16-18-34)19-22(29)6-7-26-25(29)10-13-30(2)24(11-14-31(26,30)37)21-5-8-27(35)38-20-21/h5,8,20,22-26,32,37H,4,6-7,9-19H2,1-3H3/t22-,23+,24-,25+,26-,29+,30-,31+/m1/s1. The zero-order chi connectivity index (χ0) is 26.7. The second-order valence-electron chi connectivity index (χ2n) is 13.8. The predicted molar refractivity (Wildman–Crippen MR) is 147 cm³/mol. The summed E-state index contributed by atoms with van der Waals surface area (Å²) < 4.78 is 5.24. The number of urea groups is 1. The van der Waals surface area contributed by atoms with Gasteiger partial charge in [-0.2, -0.15) is 0 Å². The topological polar surface area (TPSA) is 86.0 Å². The summed E-state index contributed by atoms with van der Waals surface area (Å²) in [4.78, 5) is 29.0. The largest absolute Gasteiger partial charge is 0.431 e. The molecule has 0 unspecified atom stereocenters. The maximum atomic E-state index is 13.4. The Bertz CT molecular complexity index is 1080. The zero-order valence-electron chi connectivity index (χ0n) is 23.6. The van der Waals surface area contributed by atoms with Crippen molar-refractivity contribution in [2.45, 2.75) is 95.6 Å². The molecule has 5 fully saturated rings. The molecule has 2 heterocycles. The van der Waals surface area contributed by atoms with Crippen molar-refractivity contribution in [3.8, 4) is 0 Å². The first-order valence-electron chi connectivity index (χ1n) is 15.2. The Morgan fingerprint density at radius 1 is 1.05 bits per heavy atom. The molecule has 1 aromatic heterocycles. The van der Waals surface area contributed by atoms with Gasteiger partial charge in [-0.1, -0.05) is 13.8 Å². The summed E-state index contributed by atoms with van der Waals surface area (Å²) in [5.74, 6) is 1.69. The Balaban J connectivity index is 1.18. The Hall–Kier alpha value is -1.86. The minimum atomic E-state index is -0.672. The second-order valence-corrected chi connectivity index (χ2v) is 13.8. The highest BCUT2D eigenvalue weighted by Gasteiger charge is 2.67. The van der Waals surface area contributed by atoms with Gasteiger partial charge in [0.05, 0.1) is 11.9 Å². The average molecular weight is 526 g/mol. The number of rotatable bonds is 2. The Labute approximate surface area is 227 Å². The quantitative estimate of drug-likeness (QED) is 0.590. The fourth-order valence-corrected chi connectivity index (χ4v) is 10.1. The highest BCUT2D eigenvalue weighted by Crippen LogP contribution is 2.70. The first-order valence-corrected chi connectivity index (χ1v) is 15.2. The number of amides is 2. The van der Waals surface area contributed by atoms with Gasteiger partial charge in [-0.3, -0.25) is 0 Å². The molecule has 8 atom stereocenters. The van der Waals surface area contributed by atoms with E-state index in [4.69, 9.17) is 4.42 Å². The Morgan fingerprint density at radius 3 is 2.68 bits per heavy atom. The number of fused-ring (bicyclic) bond motifs is 5. The van der Waals surface area contributed by atoms with Crippen molar-refractivity contribution in [3.05, 3.63) is 34.4 Å². The lowest BCUT2D eigenvalue weighted by molar-refractivity contribution is -0.203. The number of nitrogens with zero attached hydrogens (tertiary/aromatic N) is 2. The average Bonchev–Trinajstić information content (AvgIpc) is 3.06. The summed E-state index contributed by atoms with van der Waals surface area (Å²) in [6, 6.07) is 3.96. The summed E-state index contributed by atoms with van der Waals surface area (Å²) in [6.45, 7) is 8.34. The van der Waals surface area contributed by atoms with E-state index in [0.717, 1.165) is 96.0 Å². The van der Waals surface area contributed by atoms with Crippen LogP contribution in [0.1, 0.15) is 89.5 Å². The number of aliphatic hydroxyl groups is 1. The summed E-state index contributed by atoms with van der Waals surface area (Å²) >= 11 is 0. The van der Waals surface area contributed by atoms with E-state index in [1.807, 2.05) is 18.0 Å². The van der Waals surface area contributed by atoms with Crippen molar-refractivity contribution < 1.29 is 14.3 Å². The van der Waals surface area contributed by atoms with E-state index in [2.05, 4.69) is 24.1 Å². The van der Waals surface area contributed by atoms with Crippen LogP contribution in [0.5, 0.6) is 0 Å². The van der Waals surface area contributed by atoms with E-state index in [1.54, 1.807) is 6.26 Å². The number of carbonyl (C=O) groups excluding carboxylic acids is 1. The van der Waals surface area contributed by atoms with Crippen molar-refractivity contribution in [1.82, 2.24) is 15.1 Å². The fraction of sp³-hybridized carbons (Fsp3) is 0.806. The third-order valence-electron chi connectivity index (χ3n) is 12.4. The molecule has 4 saturated carbocycles. The van der Waals surface area contributed by atoms with E-state index < -0.39 is 5.60 Å². The molecule has 1 aliphatic heterocycles. The SMILES string of the molecule is CN(C(=O)N1CCCNCC1)[C@H]1CC[C@@]2(C)[C@H](CC[C@@H]3[C@@H]2CC[C@]2(C)[C@@H](c4ccc(=O)oc4)CC[C@]32O)C1. The van der Waals surface area contributed by atoms with Gasteiger partial charge < -0.3 is 24.6 Å². The number of nitrogens with one attached hydrogen (secondary N) is 1. The lowest BCUT2D eigenvalue weighted by Crippen LogP contribution is -2.62. The van der Waals surface area contributed by atoms with Crippen LogP contribution in [0.2, 0.25) is 0 Å². The van der Waals surface area contributed by atoms with E-state index in [1.165, 1.54) is 6.07 Å². The molecule has 0 bridgehead atoms.